The van der Waals surface area contributed by atoms with Gasteiger partial charge in [-0.1, -0.05) is 30.3 Å². The summed E-state index contributed by atoms with van der Waals surface area (Å²) in [6, 6.07) is 17.9. The van der Waals surface area contributed by atoms with E-state index in [9.17, 15) is 4.39 Å². The van der Waals surface area contributed by atoms with Gasteiger partial charge in [0.25, 0.3) is 0 Å². The van der Waals surface area contributed by atoms with E-state index in [4.69, 9.17) is 9.47 Å². The van der Waals surface area contributed by atoms with E-state index in [2.05, 4.69) is 11.8 Å². The van der Waals surface area contributed by atoms with Crippen molar-refractivity contribution in [1.82, 2.24) is 4.90 Å². The second-order valence-electron chi connectivity index (χ2n) is 7.00. The van der Waals surface area contributed by atoms with Crippen molar-refractivity contribution in [3.05, 3.63) is 67.1 Å². The number of alkyl halides is 1. The highest BCUT2D eigenvalue weighted by molar-refractivity contribution is 5.30. The maximum atomic E-state index is 13.1. The van der Waals surface area contributed by atoms with Crippen LogP contribution in [0.3, 0.4) is 0 Å². The van der Waals surface area contributed by atoms with Crippen molar-refractivity contribution in [3.8, 4) is 11.5 Å². The molecule has 0 amide bonds. The molecular formula is C23H29FNO2. The standard InChI is InChI=1S/C23H29FNO2/c1-2-23(27-22-7-4-3-5-8-22)19-9-11-21(12-10-19)26-18-6-15-25-16-13-20(24)14-17-25/h3-5,7-12,20,23H,1-2,6,13-18H2. The Bertz CT molecular complexity index is 654. The normalized spacial score (nSPS) is 16.8. The van der Waals surface area contributed by atoms with E-state index < -0.39 is 6.17 Å². The van der Waals surface area contributed by atoms with Crippen LogP contribution in [0.1, 0.15) is 37.4 Å². The lowest BCUT2D eigenvalue weighted by Gasteiger charge is -2.28. The van der Waals surface area contributed by atoms with Gasteiger partial charge in [0.1, 0.15) is 23.8 Å². The minimum absolute atomic E-state index is 0.0696. The van der Waals surface area contributed by atoms with Crippen molar-refractivity contribution in [1.29, 1.82) is 0 Å². The van der Waals surface area contributed by atoms with Gasteiger partial charge in [-0.25, -0.2) is 4.39 Å². The fourth-order valence-corrected chi connectivity index (χ4v) is 3.34. The molecule has 3 rings (SSSR count). The first-order valence-electron chi connectivity index (χ1n) is 9.84. The summed E-state index contributed by atoms with van der Waals surface area (Å²) in [5, 5.41) is 0. The van der Waals surface area contributed by atoms with Gasteiger partial charge in [-0.15, -0.1) is 0 Å². The molecule has 0 spiro atoms. The smallest absolute Gasteiger partial charge is 0.124 e. The van der Waals surface area contributed by atoms with E-state index in [1.165, 1.54) is 0 Å². The zero-order valence-electron chi connectivity index (χ0n) is 15.9. The molecule has 2 aromatic rings. The predicted molar refractivity (Wildman–Crippen MR) is 107 cm³/mol. The number of piperidine rings is 1. The average molecular weight is 370 g/mol. The Labute approximate surface area is 162 Å². The van der Waals surface area contributed by atoms with E-state index in [1.807, 2.05) is 54.6 Å². The van der Waals surface area contributed by atoms with Gasteiger partial charge >= 0.3 is 0 Å². The quantitative estimate of drug-likeness (QED) is 0.564. The van der Waals surface area contributed by atoms with Crippen LogP contribution in [-0.2, 0) is 0 Å². The summed E-state index contributed by atoms with van der Waals surface area (Å²) in [6.45, 7) is 7.38. The molecule has 0 aromatic heterocycles. The molecule has 0 N–H and O–H groups in total. The largest absolute Gasteiger partial charge is 0.494 e. The van der Waals surface area contributed by atoms with Crippen LogP contribution in [0.25, 0.3) is 0 Å². The topological polar surface area (TPSA) is 21.7 Å². The molecule has 0 bridgehead atoms. The third kappa shape index (κ3) is 6.24. The minimum atomic E-state index is -0.607. The lowest BCUT2D eigenvalue weighted by atomic mass is 10.1. The van der Waals surface area contributed by atoms with Gasteiger partial charge in [-0.2, -0.15) is 0 Å². The molecule has 1 heterocycles. The molecule has 145 valence electrons. The van der Waals surface area contributed by atoms with Crippen molar-refractivity contribution in [2.24, 2.45) is 0 Å². The average Bonchev–Trinajstić information content (AvgIpc) is 2.72. The highest BCUT2D eigenvalue weighted by atomic mass is 19.1. The molecule has 1 fully saturated rings. The van der Waals surface area contributed by atoms with Gasteiger partial charge in [0, 0.05) is 19.6 Å². The second kappa shape index (κ2) is 10.3. The Hall–Kier alpha value is -2.07. The monoisotopic (exact) mass is 370 g/mol. The molecule has 1 saturated heterocycles. The summed E-state index contributed by atoms with van der Waals surface area (Å²) in [7, 11) is 0. The van der Waals surface area contributed by atoms with Crippen molar-refractivity contribution >= 4 is 0 Å². The number of rotatable bonds is 9. The number of likely N-dealkylation sites (tertiary alicyclic amines) is 1. The van der Waals surface area contributed by atoms with E-state index in [0.29, 0.717) is 25.9 Å². The number of nitrogens with zero attached hydrogens (tertiary/aromatic N) is 1. The van der Waals surface area contributed by atoms with Gasteiger partial charge in [0.05, 0.1) is 6.61 Å². The van der Waals surface area contributed by atoms with Crippen LogP contribution < -0.4 is 9.47 Å². The summed E-state index contributed by atoms with van der Waals surface area (Å²) in [6.07, 6.45) is 2.27. The van der Waals surface area contributed by atoms with Crippen LogP contribution in [0.5, 0.6) is 11.5 Å². The van der Waals surface area contributed by atoms with E-state index >= 15 is 0 Å². The zero-order valence-corrected chi connectivity index (χ0v) is 15.9. The molecule has 0 aliphatic carbocycles. The van der Waals surface area contributed by atoms with E-state index in [1.54, 1.807) is 0 Å². The van der Waals surface area contributed by atoms with Crippen LogP contribution in [0.15, 0.2) is 54.6 Å². The maximum absolute atomic E-state index is 13.1. The fraction of sp³-hybridized carbons (Fsp3) is 0.435. The number of benzene rings is 2. The first-order chi connectivity index (χ1) is 13.2. The summed E-state index contributed by atoms with van der Waals surface area (Å²) >= 11 is 0. The Balaban J connectivity index is 1.42. The van der Waals surface area contributed by atoms with Gasteiger partial charge < -0.3 is 14.4 Å². The number of halogens is 1. The van der Waals surface area contributed by atoms with Gasteiger partial charge in [-0.05, 0) is 62.4 Å². The third-order valence-corrected chi connectivity index (χ3v) is 4.94. The molecule has 2 aromatic carbocycles. The Morgan fingerprint density at radius 3 is 2.37 bits per heavy atom. The minimum Gasteiger partial charge on any atom is -0.494 e. The predicted octanol–water partition coefficient (Wildman–Crippen LogP) is 5.23. The third-order valence-electron chi connectivity index (χ3n) is 4.94. The number of hydrogen-bond acceptors (Lipinski definition) is 3. The number of ether oxygens (including phenoxy) is 2. The van der Waals surface area contributed by atoms with Crippen LogP contribution in [0, 0.1) is 6.92 Å². The lowest BCUT2D eigenvalue weighted by molar-refractivity contribution is 0.143. The molecule has 27 heavy (non-hydrogen) atoms. The Morgan fingerprint density at radius 1 is 1.00 bits per heavy atom. The molecule has 1 atom stereocenters. The van der Waals surface area contributed by atoms with Crippen LogP contribution in [0.4, 0.5) is 4.39 Å². The van der Waals surface area contributed by atoms with E-state index in [-0.39, 0.29) is 6.10 Å². The van der Waals surface area contributed by atoms with Gasteiger partial charge in [0.15, 0.2) is 0 Å². The first kappa shape index (κ1) is 19.7. The SMILES string of the molecule is [CH2]CC(Oc1ccccc1)c1ccc(OCCCN2CCC(F)CC2)cc1. The second-order valence-corrected chi connectivity index (χ2v) is 7.00. The van der Waals surface area contributed by atoms with Crippen molar-refractivity contribution in [3.63, 3.8) is 0 Å². The number of para-hydroxylation sites is 1. The summed E-state index contributed by atoms with van der Waals surface area (Å²) < 4.78 is 25.0. The molecule has 1 aliphatic rings. The summed E-state index contributed by atoms with van der Waals surface area (Å²) in [4.78, 5) is 2.32. The molecule has 1 aliphatic heterocycles. The maximum Gasteiger partial charge on any atom is 0.124 e. The highest BCUT2D eigenvalue weighted by Gasteiger charge is 2.17. The molecular weight excluding hydrogens is 341 g/mol. The van der Waals surface area contributed by atoms with E-state index in [0.717, 1.165) is 43.1 Å². The van der Waals surface area contributed by atoms with Gasteiger partial charge in [0.2, 0.25) is 0 Å². The Kier molecular flexibility index (Phi) is 7.52. The highest BCUT2D eigenvalue weighted by Crippen LogP contribution is 2.26. The van der Waals surface area contributed by atoms with Gasteiger partial charge in [-0.3, -0.25) is 0 Å². The fourth-order valence-electron chi connectivity index (χ4n) is 3.34. The van der Waals surface area contributed by atoms with Crippen LogP contribution in [-0.4, -0.2) is 37.3 Å². The Morgan fingerprint density at radius 2 is 1.70 bits per heavy atom. The number of hydrogen-bond donors (Lipinski definition) is 0. The molecule has 0 saturated carbocycles. The molecule has 1 unspecified atom stereocenters. The van der Waals surface area contributed by atoms with Crippen molar-refractivity contribution in [2.75, 3.05) is 26.2 Å². The molecule has 1 radical (unpaired) electrons. The van der Waals surface area contributed by atoms with Crippen LogP contribution >= 0.6 is 0 Å². The lowest BCUT2D eigenvalue weighted by Crippen LogP contribution is -2.35. The molecule has 4 heteroatoms. The first-order valence-corrected chi connectivity index (χ1v) is 9.84. The van der Waals surface area contributed by atoms with Crippen LogP contribution in [0.2, 0.25) is 0 Å². The van der Waals surface area contributed by atoms with Crippen molar-refractivity contribution < 1.29 is 13.9 Å². The summed E-state index contributed by atoms with van der Waals surface area (Å²) in [5.41, 5.74) is 1.09. The zero-order chi connectivity index (χ0) is 18.9. The van der Waals surface area contributed by atoms with Crippen molar-refractivity contribution in [2.45, 2.75) is 38.0 Å². The molecule has 3 nitrogen and oxygen atoms in total. The summed E-state index contributed by atoms with van der Waals surface area (Å²) in [5.74, 6) is 1.71.